The lowest BCUT2D eigenvalue weighted by atomic mass is 9.92. The van der Waals surface area contributed by atoms with E-state index in [4.69, 9.17) is 4.74 Å². The molecule has 4 nitrogen and oxygen atoms in total. The molecule has 2 N–H and O–H groups in total. The molecule has 0 aliphatic rings. The minimum absolute atomic E-state index is 0.131. The van der Waals surface area contributed by atoms with Crippen molar-refractivity contribution in [3.63, 3.8) is 0 Å². The Hall–Kier alpha value is -2.54. The van der Waals surface area contributed by atoms with E-state index < -0.39 is 23.2 Å². The Bertz CT molecular complexity index is 686. The zero-order chi connectivity index (χ0) is 17.8. The van der Waals surface area contributed by atoms with Gasteiger partial charge in [0, 0.05) is 12.1 Å². The van der Waals surface area contributed by atoms with Gasteiger partial charge in [-0.05, 0) is 17.7 Å². The molecule has 0 unspecified atom stereocenters. The van der Waals surface area contributed by atoms with E-state index in [9.17, 15) is 23.1 Å². The van der Waals surface area contributed by atoms with Crippen molar-refractivity contribution in [2.24, 2.45) is 0 Å². The van der Waals surface area contributed by atoms with Gasteiger partial charge in [-0.2, -0.15) is 13.2 Å². The van der Waals surface area contributed by atoms with Crippen LogP contribution < -0.4 is 10.1 Å². The molecule has 1 atom stereocenters. The lowest BCUT2D eigenvalue weighted by Crippen LogP contribution is -2.54. The highest BCUT2D eigenvalue weighted by Gasteiger charge is 2.60. The summed E-state index contributed by atoms with van der Waals surface area (Å²) in [7, 11) is 1.36. The molecule has 24 heavy (non-hydrogen) atoms. The van der Waals surface area contributed by atoms with Gasteiger partial charge in [-0.1, -0.05) is 42.5 Å². The van der Waals surface area contributed by atoms with Gasteiger partial charge >= 0.3 is 6.18 Å². The molecule has 0 fully saturated rings. The molecule has 0 bridgehead atoms. The summed E-state index contributed by atoms with van der Waals surface area (Å²) in [4.78, 5) is 12.1. The van der Waals surface area contributed by atoms with Crippen molar-refractivity contribution in [3.05, 3.63) is 65.7 Å². The highest BCUT2D eigenvalue weighted by Crippen LogP contribution is 2.39. The third-order valence-electron chi connectivity index (χ3n) is 3.54. The first-order valence-electron chi connectivity index (χ1n) is 7.05. The number of nitrogens with one attached hydrogen (secondary N) is 1. The summed E-state index contributed by atoms with van der Waals surface area (Å²) in [6.45, 7) is -0.131. The first-order valence-corrected chi connectivity index (χ1v) is 7.05. The number of methoxy groups -OCH3 is 1. The molecule has 0 aliphatic heterocycles. The fourth-order valence-electron chi connectivity index (χ4n) is 2.16. The van der Waals surface area contributed by atoms with Crippen molar-refractivity contribution in [2.45, 2.75) is 18.3 Å². The summed E-state index contributed by atoms with van der Waals surface area (Å²) in [5.41, 5.74) is -3.61. The molecule has 2 aromatic rings. The predicted molar refractivity (Wildman–Crippen MR) is 81.2 cm³/mol. The predicted octanol–water partition coefficient (Wildman–Crippen LogP) is 2.76. The SMILES string of the molecule is COc1ccc([C@](O)(C(=O)NCc2ccccc2)C(F)(F)F)cc1. The Morgan fingerprint density at radius 2 is 1.67 bits per heavy atom. The highest BCUT2D eigenvalue weighted by atomic mass is 19.4. The van der Waals surface area contributed by atoms with E-state index in [0.717, 1.165) is 12.1 Å². The van der Waals surface area contributed by atoms with Crippen molar-refractivity contribution in [2.75, 3.05) is 7.11 Å². The van der Waals surface area contributed by atoms with Crippen molar-refractivity contribution in [3.8, 4) is 5.75 Å². The number of hydrogen-bond donors (Lipinski definition) is 2. The average Bonchev–Trinajstić information content (AvgIpc) is 2.59. The molecule has 0 radical (unpaired) electrons. The third kappa shape index (κ3) is 3.51. The monoisotopic (exact) mass is 339 g/mol. The summed E-state index contributed by atoms with van der Waals surface area (Å²) >= 11 is 0. The number of hydrogen-bond acceptors (Lipinski definition) is 3. The van der Waals surface area contributed by atoms with E-state index in [0.29, 0.717) is 11.3 Å². The van der Waals surface area contributed by atoms with Crippen LogP contribution in [0, 0.1) is 0 Å². The summed E-state index contributed by atoms with van der Waals surface area (Å²) in [5.74, 6) is -1.23. The first kappa shape index (κ1) is 17.8. The maximum Gasteiger partial charge on any atom is 0.430 e. The van der Waals surface area contributed by atoms with Crippen molar-refractivity contribution in [1.82, 2.24) is 5.32 Å². The molecule has 0 aromatic heterocycles. The number of ether oxygens (including phenoxy) is 1. The van der Waals surface area contributed by atoms with Gasteiger partial charge in [0.15, 0.2) is 0 Å². The molecule has 2 rings (SSSR count). The Balaban J connectivity index is 2.27. The van der Waals surface area contributed by atoms with E-state index in [2.05, 4.69) is 5.32 Å². The van der Waals surface area contributed by atoms with Crippen LogP contribution in [-0.4, -0.2) is 24.3 Å². The number of carbonyl (C=O) groups excluding carboxylic acids is 1. The Morgan fingerprint density at radius 1 is 1.08 bits per heavy atom. The topological polar surface area (TPSA) is 58.6 Å². The van der Waals surface area contributed by atoms with Crippen LogP contribution in [0.2, 0.25) is 0 Å². The number of carbonyl (C=O) groups is 1. The van der Waals surface area contributed by atoms with Crippen LogP contribution in [0.3, 0.4) is 0 Å². The van der Waals surface area contributed by atoms with Crippen LogP contribution in [0.5, 0.6) is 5.75 Å². The van der Waals surface area contributed by atoms with Crippen LogP contribution >= 0.6 is 0 Å². The van der Waals surface area contributed by atoms with Crippen molar-refractivity contribution >= 4 is 5.91 Å². The van der Waals surface area contributed by atoms with Crippen LogP contribution in [0.1, 0.15) is 11.1 Å². The second-order valence-corrected chi connectivity index (χ2v) is 5.10. The summed E-state index contributed by atoms with van der Waals surface area (Å²) < 4.78 is 45.1. The third-order valence-corrected chi connectivity index (χ3v) is 3.54. The number of benzene rings is 2. The molecule has 0 heterocycles. The van der Waals surface area contributed by atoms with Gasteiger partial charge < -0.3 is 15.2 Å². The average molecular weight is 339 g/mol. The second-order valence-electron chi connectivity index (χ2n) is 5.10. The lowest BCUT2D eigenvalue weighted by molar-refractivity contribution is -0.257. The van der Waals surface area contributed by atoms with Crippen molar-refractivity contribution < 1.29 is 27.8 Å². The highest BCUT2D eigenvalue weighted by molar-refractivity contribution is 5.87. The minimum Gasteiger partial charge on any atom is -0.497 e. The van der Waals surface area contributed by atoms with E-state index in [1.54, 1.807) is 30.3 Å². The standard InChI is InChI=1S/C17H16F3NO3/c1-24-14-9-7-13(8-10-14)16(23,17(18,19)20)15(22)21-11-12-5-3-2-4-6-12/h2-10,23H,11H2,1H3,(H,21,22)/t16-/m0/s1. The molecule has 0 spiro atoms. The van der Waals surface area contributed by atoms with Gasteiger partial charge in [-0.15, -0.1) is 0 Å². The van der Waals surface area contributed by atoms with E-state index in [1.807, 2.05) is 0 Å². The van der Waals surface area contributed by atoms with Gasteiger partial charge in [0.05, 0.1) is 7.11 Å². The Labute approximate surface area is 136 Å². The Kier molecular flexibility index (Phi) is 5.14. The number of halogens is 3. The van der Waals surface area contributed by atoms with E-state index in [1.165, 1.54) is 19.2 Å². The molecule has 1 amide bonds. The molecular weight excluding hydrogens is 323 g/mol. The second kappa shape index (κ2) is 6.92. The van der Waals surface area contributed by atoms with Crippen LogP contribution in [0.15, 0.2) is 54.6 Å². The molecule has 0 saturated heterocycles. The maximum absolute atomic E-state index is 13.4. The molecular formula is C17H16F3NO3. The number of amides is 1. The molecule has 128 valence electrons. The van der Waals surface area contributed by atoms with Crippen LogP contribution in [-0.2, 0) is 16.9 Å². The molecule has 0 saturated carbocycles. The molecule has 0 aliphatic carbocycles. The van der Waals surface area contributed by atoms with Crippen LogP contribution in [0.4, 0.5) is 13.2 Å². The van der Waals surface area contributed by atoms with E-state index in [-0.39, 0.29) is 6.54 Å². The Morgan fingerprint density at radius 3 is 2.17 bits per heavy atom. The molecule has 2 aromatic carbocycles. The zero-order valence-corrected chi connectivity index (χ0v) is 12.8. The maximum atomic E-state index is 13.4. The fourth-order valence-corrected chi connectivity index (χ4v) is 2.16. The fraction of sp³-hybridized carbons (Fsp3) is 0.235. The van der Waals surface area contributed by atoms with Crippen LogP contribution in [0.25, 0.3) is 0 Å². The number of rotatable bonds is 5. The summed E-state index contributed by atoms with van der Waals surface area (Å²) in [6, 6.07) is 13.0. The normalized spacial score (nSPS) is 13.9. The summed E-state index contributed by atoms with van der Waals surface area (Å²) in [5, 5.41) is 12.3. The van der Waals surface area contributed by atoms with Gasteiger partial charge in [-0.25, -0.2) is 0 Å². The lowest BCUT2D eigenvalue weighted by Gasteiger charge is -2.29. The quantitative estimate of drug-likeness (QED) is 0.881. The van der Waals surface area contributed by atoms with E-state index >= 15 is 0 Å². The first-order chi connectivity index (χ1) is 11.3. The van der Waals surface area contributed by atoms with Gasteiger partial charge in [0.25, 0.3) is 11.5 Å². The largest absolute Gasteiger partial charge is 0.497 e. The summed E-state index contributed by atoms with van der Waals surface area (Å²) in [6.07, 6.45) is -5.18. The number of alkyl halides is 3. The number of aliphatic hydroxyl groups is 1. The zero-order valence-electron chi connectivity index (χ0n) is 12.8. The van der Waals surface area contributed by atoms with Gasteiger partial charge in [-0.3, -0.25) is 4.79 Å². The minimum atomic E-state index is -5.18. The molecule has 7 heteroatoms. The van der Waals surface area contributed by atoms with Gasteiger partial charge in [0.2, 0.25) is 0 Å². The smallest absolute Gasteiger partial charge is 0.430 e. The van der Waals surface area contributed by atoms with Crippen molar-refractivity contribution in [1.29, 1.82) is 0 Å². The van der Waals surface area contributed by atoms with Gasteiger partial charge in [0.1, 0.15) is 5.75 Å².